The van der Waals surface area contributed by atoms with Gasteiger partial charge in [0.05, 0.1) is 12.3 Å². The van der Waals surface area contributed by atoms with Crippen molar-refractivity contribution in [1.29, 1.82) is 0 Å². The van der Waals surface area contributed by atoms with Crippen LogP contribution >= 0.6 is 0 Å². The van der Waals surface area contributed by atoms with E-state index in [1.807, 2.05) is 60.7 Å². The normalized spacial score (nSPS) is 12.6. The van der Waals surface area contributed by atoms with Crippen molar-refractivity contribution < 1.29 is 22.8 Å². The first-order valence-corrected chi connectivity index (χ1v) is 10.8. The molecule has 178 valence electrons. The van der Waals surface area contributed by atoms with Crippen LogP contribution < -0.4 is 5.76 Å². The Balaban J connectivity index is 1.92. The van der Waals surface area contributed by atoms with Crippen LogP contribution in [-0.4, -0.2) is 34.1 Å². The highest BCUT2D eigenvalue weighted by Gasteiger charge is 2.24. The van der Waals surface area contributed by atoms with Gasteiger partial charge in [0.2, 0.25) is 0 Å². The van der Waals surface area contributed by atoms with Crippen molar-refractivity contribution in [2.24, 2.45) is 4.99 Å². The van der Waals surface area contributed by atoms with E-state index >= 15 is 0 Å². The molecule has 7 nitrogen and oxygen atoms in total. The van der Waals surface area contributed by atoms with E-state index < -0.39 is 42.3 Å². The van der Waals surface area contributed by atoms with E-state index in [0.29, 0.717) is 5.71 Å². The number of aromatic nitrogens is 2. The summed E-state index contributed by atoms with van der Waals surface area (Å²) >= 11 is 0. The molecule has 34 heavy (non-hydrogen) atoms. The van der Waals surface area contributed by atoms with Crippen molar-refractivity contribution in [2.45, 2.75) is 39.3 Å². The van der Waals surface area contributed by atoms with Gasteiger partial charge in [-0.1, -0.05) is 65.8 Å². The second kappa shape index (κ2) is 11.8. The monoisotopic (exact) mass is 469 g/mol. The van der Waals surface area contributed by atoms with Crippen LogP contribution in [0.15, 0.2) is 86.6 Å². The van der Waals surface area contributed by atoms with Crippen LogP contribution in [0.1, 0.15) is 36.7 Å². The summed E-state index contributed by atoms with van der Waals surface area (Å²) in [4.78, 5) is 28.7. The summed E-state index contributed by atoms with van der Waals surface area (Å²) in [6.07, 6.45) is -1.03. The van der Waals surface area contributed by atoms with E-state index in [9.17, 15) is 18.4 Å². The maximum absolute atomic E-state index is 14.8. The second-order valence-electron chi connectivity index (χ2n) is 7.39. The van der Waals surface area contributed by atoms with E-state index in [0.717, 1.165) is 15.7 Å². The zero-order valence-corrected chi connectivity index (χ0v) is 18.9. The van der Waals surface area contributed by atoms with Gasteiger partial charge in [0, 0.05) is 30.5 Å². The molecule has 0 aliphatic heterocycles. The fraction of sp³-hybridized carbons (Fsp3) is 0.280. The SMILES string of the molecule is CCOC(=O)C(C/C(F)=C(/F)CCn1c(C)noc1=O)N=C(c1ccccc1)c1ccccc1. The number of benzene rings is 2. The molecule has 0 saturated heterocycles. The number of carbonyl (C=O) groups excluding carboxylic acids is 1. The molecule has 2 aromatic carbocycles. The molecule has 0 N–H and O–H groups in total. The zero-order chi connectivity index (χ0) is 24.5. The summed E-state index contributed by atoms with van der Waals surface area (Å²) in [6.45, 7) is 3.06. The lowest BCUT2D eigenvalue weighted by Crippen LogP contribution is -2.24. The van der Waals surface area contributed by atoms with Crippen molar-refractivity contribution >= 4 is 11.7 Å². The van der Waals surface area contributed by atoms with E-state index in [1.54, 1.807) is 6.92 Å². The van der Waals surface area contributed by atoms with Crippen LogP contribution in [0, 0.1) is 6.92 Å². The molecule has 1 atom stereocenters. The number of ether oxygens (including phenoxy) is 1. The molecule has 1 unspecified atom stereocenters. The third kappa shape index (κ3) is 6.34. The Labute approximate surface area is 195 Å². The van der Waals surface area contributed by atoms with Gasteiger partial charge < -0.3 is 4.74 Å². The highest BCUT2D eigenvalue weighted by Crippen LogP contribution is 2.22. The lowest BCUT2D eigenvalue weighted by Gasteiger charge is -2.15. The molecular formula is C25H25F2N3O4. The largest absolute Gasteiger partial charge is 0.464 e. The number of nitrogens with zero attached hydrogens (tertiary/aromatic N) is 3. The quantitative estimate of drug-likeness (QED) is 0.321. The van der Waals surface area contributed by atoms with Gasteiger partial charge >= 0.3 is 11.7 Å². The Morgan fingerprint density at radius 3 is 2.15 bits per heavy atom. The number of rotatable bonds is 10. The van der Waals surface area contributed by atoms with Gasteiger partial charge in [-0.25, -0.2) is 18.4 Å². The molecule has 3 aromatic rings. The molecule has 0 saturated carbocycles. The van der Waals surface area contributed by atoms with Crippen LogP contribution in [0.25, 0.3) is 0 Å². The Kier molecular flexibility index (Phi) is 8.61. The molecule has 9 heteroatoms. The van der Waals surface area contributed by atoms with Crippen LogP contribution in [0.2, 0.25) is 0 Å². The van der Waals surface area contributed by atoms with Gasteiger partial charge in [-0.05, 0) is 13.8 Å². The van der Waals surface area contributed by atoms with Crippen LogP contribution in [0.5, 0.6) is 0 Å². The number of halogens is 2. The van der Waals surface area contributed by atoms with Gasteiger partial charge in [-0.3, -0.25) is 14.1 Å². The number of carbonyl (C=O) groups is 1. The maximum atomic E-state index is 14.8. The minimum Gasteiger partial charge on any atom is -0.464 e. The number of hydrogen-bond acceptors (Lipinski definition) is 6. The minimum atomic E-state index is -1.30. The van der Waals surface area contributed by atoms with Crippen molar-refractivity contribution in [1.82, 2.24) is 9.72 Å². The minimum absolute atomic E-state index is 0.0698. The number of aryl methyl sites for hydroxylation is 1. The molecule has 0 amide bonds. The molecule has 0 aliphatic rings. The lowest BCUT2D eigenvalue weighted by molar-refractivity contribution is -0.144. The lowest BCUT2D eigenvalue weighted by atomic mass is 10.0. The summed E-state index contributed by atoms with van der Waals surface area (Å²) in [5, 5.41) is 3.49. The van der Waals surface area contributed by atoms with Crippen LogP contribution in [-0.2, 0) is 16.1 Å². The first kappa shape index (κ1) is 24.8. The van der Waals surface area contributed by atoms with Gasteiger partial charge in [0.25, 0.3) is 0 Å². The summed E-state index contributed by atoms with van der Waals surface area (Å²) in [7, 11) is 0. The van der Waals surface area contributed by atoms with Crippen molar-refractivity contribution in [3.8, 4) is 0 Å². The molecule has 1 heterocycles. The Morgan fingerprint density at radius 1 is 1.06 bits per heavy atom. The molecule has 1 aromatic heterocycles. The van der Waals surface area contributed by atoms with Crippen LogP contribution in [0.3, 0.4) is 0 Å². The molecular weight excluding hydrogens is 444 g/mol. The van der Waals surface area contributed by atoms with E-state index in [4.69, 9.17) is 4.74 Å². The summed E-state index contributed by atoms with van der Waals surface area (Å²) in [5.41, 5.74) is 1.89. The highest BCUT2D eigenvalue weighted by molar-refractivity contribution is 6.13. The third-order valence-electron chi connectivity index (χ3n) is 5.03. The van der Waals surface area contributed by atoms with Gasteiger partial charge in [-0.15, -0.1) is 0 Å². The average molecular weight is 469 g/mol. The van der Waals surface area contributed by atoms with Gasteiger partial charge in [-0.2, -0.15) is 0 Å². The summed E-state index contributed by atoms with van der Waals surface area (Å²) < 4.78 is 40.1. The third-order valence-corrected chi connectivity index (χ3v) is 5.03. The van der Waals surface area contributed by atoms with E-state index in [2.05, 4.69) is 14.7 Å². The Bertz CT molecular complexity index is 1180. The van der Waals surface area contributed by atoms with Crippen molar-refractivity contribution in [2.75, 3.05) is 6.61 Å². The number of hydrogen-bond donors (Lipinski definition) is 0. The summed E-state index contributed by atoms with van der Waals surface area (Å²) in [5.74, 6) is -3.49. The molecule has 0 fully saturated rings. The predicted octanol–water partition coefficient (Wildman–Crippen LogP) is 4.54. The first-order chi connectivity index (χ1) is 16.4. The zero-order valence-electron chi connectivity index (χ0n) is 18.9. The topological polar surface area (TPSA) is 86.7 Å². The first-order valence-electron chi connectivity index (χ1n) is 10.8. The fourth-order valence-corrected chi connectivity index (χ4v) is 3.30. The average Bonchev–Trinajstić information content (AvgIpc) is 3.18. The molecule has 0 bridgehead atoms. The number of esters is 1. The highest BCUT2D eigenvalue weighted by atomic mass is 19.2. The predicted molar refractivity (Wildman–Crippen MR) is 123 cm³/mol. The Morgan fingerprint density at radius 2 is 1.65 bits per heavy atom. The smallest absolute Gasteiger partial charge is 0.441 e. The van der Waals surface area contributed by atoms with Crippen LogP contribution in [0.4, 0.5) is 8.78 Å². The maximum Gasteiger partial charge on any atom is 0.441 e. The van der Waals surface area contributed by atoms with Gasteiger partial charge in [0.15, 0.2) is 11.9 Å². The molecule has 0 radical (unpaired) electrons. The number of allylic oxidation sites excluding steroid dienone is 1. The number of aliphatic imine (C=N–C) groups is 1. The fourth-order valence-electron chi connectivity index (χ4n) is 3.30. The summed E-state index contributed by atoms with van der Waals surface area (Å²) in [6, 6.07) is 16.9. The van der Waals surface area contributed by atoms with Crippen molar-refractivity contribution in [3.63, 3.8) is 0 Å². The molecule has 0 aliphatic carbocycles. The van der Waals surface area contributed by atoms with Gasteiger partial charge in [0.1, 0.15) is 11.7 Å². The Hall–Kier alpha value is -3.88. The van der Waals surface area contributed by atoms with E-state index in [1.165, 1.54) is 6.92 Å². The molecule has 3 rings (SSSR count). The second-order valence-corrected chi connectivity index (χ2v) is 7.39. The van der Waals surface area contributed by atoms with Crippen molar-refractivity contribution in [3.05, 3.63) is 99.8 Å². The molecule has 0 spiro atoms. The van der Waals surface area contributed by atoms with E-state index in [-0.39, 0.29) is 19.0 Å². The standard InChI is InChI=1S/C25H25F2N3O4/c1-3-33-24(31)22(16-21(27)20(26)14-15-30-17(2)29-34-25(30)32)28-23(18-10-6-4-7-11-18)19-12-8-5-9-13-19/h4-13,22H,3,14-16H2,1-2H3/b21-20-.